The standard InChI is InChI=1S/C23H24ClFN2O3/c1-27(2)19-6-4-3-5-16(19)20(28)10-22-12-23(13-22,14-22)26-21(29)11-30-15-7-8-17(24)18(25)9-15/h3-9H,10-14H2,1-2H3,(H,26,29). The Kier molecular flexibility index (Phi) is 5.22. The molecule has 2 bridgehead atoms. The van der Waals surface area contributed by atoms with E-state index in [0.717, 1.165) is 36.6 Å². The van der Waals surface area contributed by atoms with Crippen LogP contribution in [0.25, 0.3) is 0 Å². The van der Waals surface area contributed by atoms with Crippen LogP contribution in [-0.4, -0.2) is 37.9 Å². The van der Waals surface area contributed by atoms with Crippen LogP contribution in [0.1, 0.15) is 36.0 Å². The molecule has 5 nitrogen and oxygen atoms in total. The molecule has 3 aliphatic rings. The number of nitrogens with one attached hydrogen (secondary N) is 1. The summed E-state index contributed by atoms with van der Waals surface area (Å²) in [6.07, 6.45) is 2.90. The first-order chi connectivity index (χ1) is 14.2. The highest BCUT2D eigenvalue weighted by Crippen LogP contribution is 2.69. The van der Waals surface area contributed by atoms with Crippen LogP contribution >= 0.6 is 11.6 Å². The third-order valence-corrected chi connectivity index (χ3v) is 6.33. The Hall–Kier alpha value is -2.60. The fraction of sp³-hybridized carbons (Fsp3) is 0.391. The molecular formula is C23H24ClFN2O3. The van der Waals surface area contributed by atoms with E-state index >= 15 is 0 Å². The number of nitrogens with zero attached hydrogens (tertiary/aromatic N) is 1. The molecule has 0 heterocycles. The van der Waals surface area contributed by atoms with E-state index in [4.69, 9.17) is 16.3 Å². The van der Waals surface area contributed by atoms with Gasteiger partial charge in [0.05, 0.1) is 5.02 Å². The molecule has 158 valence electrons. The van der Waals surface area contributed by atoms with Crippen LogP contribution < -0.4 is 15.0 Å². The molecule has 0 unspecified atom stereocenters. The zero-order valence-corrected chi connectivity index (χ0v) is 17.8. The number of anilines is 1. The minimum Gasteiger partial charge on any atom is -0.484 e. The monoisotopic (exact) mass is 430 g/mol. The lowest BCUT2D eigenvalue weighted by Gasteiger charge is -2.70. The minimum absolute atomic E-state index is 0.00807. The lowest BCUT2D eigenvalue weighted by Crippen LogP contribution is -2.75. The molecule has 1 amide bonds. The maximum atomic E-state index is 13.4. The number of rotatable bonds is 8. The van der Waals surface area contributed by atoms with Crippen LogP contribution in [0.15, 0.2) is 42.5 Å². The van der Waals surface area contributed by atoms with Crippen molar-refractivity contribution in [2.24, 2.45) is 5.41 Å². The topological polar surface area (TPSA) is 58.6 Å². The van der Waals surface area contributed by atoms with Crippen LogP contribution in [-0.2, 0) is 4.79 Å². The number of amides is 1. The molecular weight excluding hydrogens is 407 g/mol. The summed E-state index contributed by atoms with van der Waals surface area (Å²) in [5, 5.41) is 3.03. The van der Waals surface area contributed by atoms with Gasteiger partial charge in [-0.3, -0.25) is 9.59 Å². The number of carbonyl (C=O) groups is 2. The molecule has 1 N–H and O–H groups in total. The zero-order chi connectivity index (χ0) is 21.5. The second kappa shape index (κ2) is 7.58. The second-order valence-electron chi connectivity index (χ2n) is 8.73. The van der Waals surface area contributed by atoms with Gasteiger partial charge in [-0.25, -0.2) is 4.39 Å². The number of ketones is 1. The first-order valence-electron chi connectivity index (χ1n) is 9.89. The van der Waals surface area contributed by atoms with E-state index in [0.29, 0.717) is 6.42 Å². The molecule has 0 radical (unpaired) electrons. The lowest BCUT2D eigenvalue weighted by molar-refractivity contribution is -0.164. The fourth-order valence-corrected chi connectivity index (χ4v) is 5.02. The molecule has 0 aliphatic heterocycles. The first kappa shape index (κ1) is 20.7. The highest BCUT2D eigenvalue weighted by atomic mass is 35.5. The van der Waals surface area contributed by atoms with Gasteiger partial charge in [0.15, 0.2) is 12.4 Å². The summed E-state index contributed by atoms with van der Waals surface area (Å²) >= 11 is 5.64. The molecule has 0 aromatic heterocycles. The van der Waals surface area contributed by atoms with E-state index in [1.807, 2.05) is 43.3 Å². The molecule has 2 aromatic rings. The summed E-state index contributed by atoms with van der Waals surface area (Å²) in [5.74, 6) is -0.433. The van der Waals surface area contributed by atoms with Gasteiger partial charge in [0.25, 0.3) is 5.91 Å². The number of ether oxygens (including phenoxy) is 1. The molecule has 0 spiro atoms. The van der Waals surface area contributed by atoms with Crippen molar-refractivity contribution in [1.29, 1.82) is 0 Å². The van der Waals surface area contributed by atoms with Crippen LogP contribution in [0.3, 0.4) is 0 Å². The number of hydrogen-bond acceptors (Lipinski definition) is 4. The highest BCUT2D eigenvalue weighted by molar-refractivity contribution is 6.30. The van der Waals surface area contributed by atoms with Gasteiger partial charge < -0.3 is 15.0 Å². The molecule has 5 rings (SSSR count). The number of hydrogen-bond donors (Lipinski definition) is 1. The summed E-state index contributed by atoms with van der Waals surface area (Å²) in [4.78, 5) is 27.1. The van der Waals surface area contributed by atoms with E-state index < -0.39 is 5.82 Å². The van der Waals surface area contributed by atoms with E-state index in [1.165, 1.54) is 12.1 Å². The van der Waals surface area contributed by atoms with Gasteiger partial charge in [0.2, 0.25) is 0 Å². The van der Waals surface area contributed by atoms with Gasteiger partial charge >= 0.3 is 0 Å². The van der Waals surface area contributed by atoms with E-state index in [1.54, 1.807) is 0 Å². The summed E-state index contributed by atoms with van der Waals surface area (Å²) in [6.45, 7) is -0.190. The Morgan fingerprint density at radius 2 is 1.87 bits per heavy atom. The van der Waals surface area contributed by atoms with Gasteiger partial charge in [-0.05, 0) is 48.9 Å². The predicted molar refractivity (Wildman–Crippen MR) is 114 cm³/mol. The largest absolute Gasteiger partial charge is 0.484 e. The summed E-state index contributed by atoms with van der Waals surface area (Å²) in [5.41, 5.74) is 1.43. The van der Waals surface area contributed by atoms with E-state index in [-0.39, 0.29) is 40.0 Å². The van der Waals surface area contributed by atoms with E-state index in [9.17, 15) is 14.0 Å². The number of Topliss-reactive ketones (excluding diaryl/α,β-unsaturated/α-hetero) is 1. The quantitative estimate of drug-likeness (QED) is 0.636. The van der Waals surface area contributed by atoms with Gasteiger partial charge in [0.1, 0.15) is 11.6 Å². The fourth-order valence-electron chi connectivity index (χ4n) is 4.90. The molecule has 7 heteroatoms. The molecule has 30 heavy (non-hydrogen) atoms. The molecule has 2 aromatic carbocycles. The van der Waals surface area contributed by atoms with Crippen molar-refractivity contribution in [3.63, 3.8) is 0 Å². The van der Waals surface area contributed by atoms with Gasteiger partial charge in [-0.1, -0.05) is 23.7 Å². The number of para-hydroxylation sites is 1. The summed E-state index contributed by atoms with van der Waals surface area (Å²) in [6, 6.07) is 11.7. The summed E-state index contributed by atoms with van der Waals surface area (Å²) < 4.78 is 18.8. The molecule has 3 aliphatic carbocycles. The normalized spacial score (nSPS) is 23.7. The Morgan fingerprint density at radius 3 is 2.53 bits per heavy atom. The Morgan fingerprint density at radius 1 is 1.17 bits per heavy atom. The van der Waals surface area contributed by atoms with Crippen molar-refractivity contribution in [2.45, 2.75) is 31.2 Å². The molecule has 3 fully saturated rings. The van der Waals surface area contributed by atoms with Crippen LogP contribution in [0, 0.1) is 11.2 Å². The van der Waals surface area contributed by atoms with Crippen molar-refractivity contribution in [2.75, 3.05) is 25.6 Å². The molecule has 0 saturated heterocycles. The Labute approximate surface area is 180 Å². The predicted octanol–water partition coefficient (Wildman–Crippen LogP) is 4.24. The van der Waals surface area contributed by atoms with Crippen molar-refractivity contribution < 1.29 is 18.7 Å². The minimum atomic E-state index is -0.587. The lowest BCUT2D eigenvalue weighted by atomic mass is 9.38. The van der Waals surface area contributed by atoms with Crippen molar-refractivity contribution in [1.82, 2.24) is 5.32 Å². The number of carbonyl (C=O) groups excluding carboxylic acids is 2. The maximum Gasteiger partial charge on any atom is 0.258 e. The smallest absolute Gasteiger partial charge is 0.258 e. The Bertz CT molecular complexity index is 988. The van der Waals surface area contributed by atoms with Gasteiger partial charge in [-0.15, -0.1) is 0 Å². The van der Waals surface area contributed by atoms with Crippen LogP contribution in [0.2, 0.25) is 5.02 Å². The van der Waals surface area contributed by atoms with Crippen molar-refractivity contribution >= 4 is 29.0 Å². The third kappa shape index (κ3) is 3.88. The second-order valence-corrected chi connectivity index (χ2v) is 9.14. The average molecular weight is 431 g/mol. The average Bonchev–Trinajstić information content (AvgIpc) is 2.66. The maximum absolute atomic E-state index is 13.4. The van der Waals surface area contributed by atoms with Crippen molar-refractivity contribution in [3.8, 4) is 5.75 Å². The van der Waals surface area contributed by atoms with Crippen molar-refractivity contribution in [3.05, 3.63) is 58.9 Å². The molecule has 0 atom stereocenters. The zero-order valence-electron chi connectivity index (χ0n) is 17.0. The van der Waals surface area contributed by atoms with E-state index in [2.05, 4.69) is 5.32 Å². The van der Waals surface area contributed by atoms with Gasteiger partial charge in [0, 0.05) is 43.4 Å². The molecule has 3 saturated carbocycles. The van der Waals surface area contributed by atoms with Gasteiger partial charge in [-0.2, -0.15) is 0 Å². The third-order valence-electron chi connectivity index (χ3n) is 6.03. The highest BCUT2D eigenvalue weighted by Gasteiger charge is 2.68. The summed E-state index contributed by atoms with van der Waals surface area (Å²) in [7, 11) is 3.86. The van der Waals surface area contributed by atoms with Crippen LogP contribution in [0.5, 0.6) is 5.75 Å². The van der Waals surface area contributed by atoms with Crippen LogP contribution in [0.4, 0.5) is 10.1 Å². The first-order valence-corrected chi connectivity index (χ1v) is 10.3. The number of halogens is 2. The Balaban J connectivity index is 1.27. The SMILES string of the molecule is CN(C)c1ccccc1C(=O)CC12CC(NC(=O)COc3ccc(Cl)c(F)c3)(C1)C2. The number of benzene rings is 2.